The Morgan fingerprint density at radius 2 is 2.05 bits per heavy atom. The first-order chi connectivity index (χ1) is 10.5. The Bertz CT molecular complexity index is 475. The minimum atomic E-state index is -0.304. The topological polar surface area (TPSA) is 43.8 Å². The average molecular weight is 304 g/mol. The normalized spacial score (nSPS) is 21.5. The molecule has 0 aromatic heterocycles. The standard InChI is InChI=1S/C18H28N2O2/c1-14(21)12-17-10-7-11-20(17)13-18(22)19(3)15(2)16-8-5-4-6-9-16/h4-6,8-9,14-15,17,21H,7,10-13H2,1-3H3. The Labute approximate surface area is 133 Å². The van der Waals surface area contributed by atoms with Gasteiger partial charge in [0.25, 0.3) is 0 Å². The molecule has 1 amide bonds. The second-order valence-electron chi connectivity index (χ2n) is 6.44. The fraction of sp³-hybridized carbons (Fsp3) is 0.611. The number of nitrogens with zero attached hydrogens (tertiary/aromatic N) is 2. The zero-order chi connectivity index (χ0) is 16.1. The molecule has 3 atom stereocenters. The summed E-state index contributed by atoms with van der Waals surface area (Å²) in [5.74, 6) is 0.147. The van der Waals surface area contributed by atoms with Gasteiger partial charge in [-0.15, -0.1) is 0 Å². The molecule has 1 saturated heterocycles. The van der Waals surface area contributed by atoms with Crippen LogP contribution < -0.4 is 0 Å². The van der Waals surface area contributed by atoms with Crippen LogP contribution in [0.1, 0.15) is 44.7 Å². The predicted molar refractivity (Wildman–Crippen MR) is 88.5 cm³/mol. The van der Waals surface area contributed by atoms with E-state index in [1.54, 1.807) is 0 Å². The van der Waals surface area contributed by atoms with E-state index >= 15 is 0 Å². The number of carbonyl (C=O) groups is 1. The van der Waals surface area contributed by atoms with Crippen LogP contribution in [0, 0.1) is 0 Å². The van der Waals surface area contributed by atoms with E-state index in [1.165, 1.54) is 0 Å². The fourth-order valence-electron chi connectivity index (χ4n) is 3.22. The lowest BCUT2D eigenvalue weighted by atomic mass is 10.1. The number of aliphatic hydroxyl groups excluding tert-OH is 1. The molecule has 4 heteroatoms. The summed E-state index contributed by atoms with van der Waals surface area (Å²) in [6.45, 7) is 5.29. The number of likely N-dealkylation sites (N-methyl/N-ethyl adjacent to an activating group) is 1. The molecule has 1 aromatic carbocycles. The molecule has 0 spiro atoms. The van der Waals surface area contributed by atoms with E-state index in [2.05, 4.69) is 24.0 Å². The lowest BCUT2D eigenvalue weighted by Crippen LogP contribution is -2.42. The van der Waals surface area contributed by atoms with Gasteiger partial charge in [0.05, 0.1) is 18.7 Å². The lowest BCUT2D eigenvalue weighted by Gasteiger charge is -2.30. The smallest absolute Gasteiger partial charge is 0.237 e. The van der Waals surface area contributed by atoms with Gasteiger partial charge in [-0.25, -0.2) is 0 Å². The molecule has 3 unspecified atom stereocenters. The number of benzene rings is 1. The van der Waals surface area contributed by atoms with E-state index in [4.69, 9.17) is 0 Å². The van der Waals surface area contributed by atoms with Gasteiger partial charge >= 0.3 is 0 Å². The van der Waals surface area contributed by atoms with E-state index < -0.39 is 0 Å². The Morgan fingerprint density at radius 1 is 1.36 bits per heavy atom. The molecule has 1 fully saturated rings. The summed E-state index contributed by atoms with van der Waals surface area (Å²) in [4.78, 5) is 16.6. The van der Waals surface area contributed by atoms with Crippen LogP contribution in [0.5, 0.6) is 0 Å². The molecule has 0 radical (unpaired) electrons. The third kappa shape index (κ3) is 4.31. The molecule has 0 aliphatic carbocycles. The van der Waals surface area contributed by atoms with Crippen molar-refractivity contribution in [2.75, 3.05) is 20.1 Å². The number of aliphatic hydroxyl groups is 1. The molecule has 0 bridgehead atoms. The molecule has 1 aliphatic heterocycles. The lowest BCUT2D eigenvalue weighted by molar-refractivity contribution is -0.133. The first kappa shape index (κ1) is 17.0. The van der Waals surface area contributed by atoms with Crippen LogP contribution >= 0.6 is 0 Å². The minimum absolute atomic E-state index is 0.0755. The number of amides is 1. The second-order valence-corrected chi connectivity index (χ2v) is 6.44. The van der Waals surface area contributed by atoms with Crippen LogP contribution in [-0.2, 0) is 4.79 Å². The van der Waals surface area contributed by atoms with Gasteiger partial charge in [-0.2, -0.15) is 0 Å². The summed E-state index contributed by atoms with van der Waals surface area (Å²) >= 11 is 0. The van der Waals surface area contributed by atoms with Crippen molar-refractivity contribution < 1.29 is 9.90 Å². The van der Waals surface area contributed by atoms with Crippen molar-refractivity contribution in [2.24, 2.45) is 0 Å². The number of likely N-dealkylation sites (tertiary alicyclic amines) is 1. The molecule has 2 rings (SSSR count). The van der Waals surface area contributed by atoms with Gasteiger partial charge in [-0.3, -0.25) is 9.69 Å². The van der Waals surface area contributed by atoms with Crippen molar-refractivity contribution in [2.45, 2.75) is 51.3 Å². The van der Waals surface area contributed by atoms with E-state index in [-0.39, 0.29) is 18.1 Å². The average Bonchev–Trinajstić information content (AvgIpc) is 2.92. The quantitative estimate of drug-likeness (QED) is 0.878. The van der Waals surface area contributed by atoms with Crippen molar-refractivity contribution >= 4 is 5.91 Å². The molecule has 1 aliphatic rings. The molecule has 22 heavy (non-hydrogen) atoms. The Morgan fingerprint density at radius 3 is 2.68 bits per heavy atom. The Hall–Kier alpha value is -1.39. The highest BCUT2D eigenvalue weighted by molar-refractivity contribution is 5.78. The SMILES string of the molecule is CC(O)CC1CCCN1CC(=O)N(C)C(C)c1ccccc1. The van der Waals surface area contributed by atoms with Crippen molar-refractivity contribution in [1.29, 1.82) is 0 Å². The highest BCUT2D eigenvalue weighted by atomic mass is 16.3. The Balaban J connectivity index is 1.93. The summed E-state index contributed by atoms with van der Waals surface area (Å²) in [6.07, 6.45) is 2.64. The zero-order valence-corrected chi connectivity index (χ0v) is 13.9. The summed E-state index contributed by atoms with van der Waals surface area (Å²) in [6, 6.07) is 10.5. The molecule has 1 heterocycles. The third-order valence-electron chi connectivity index (χ3n) is 4.71. The third-order valence-corrected chi connectivity index (χ3v) is 4.71. The maximum Gasteiger partial charge on any atom is 0.237 e. The molecular weight excluding hydrogens is 276 g/mol. The number of hydrogen-bond donors (Lipinski definition) is 1. The van der Waals surface area contributed by atoms with E-state index in [1.807, 2.05) is 37.1 Å². The van der Waals surface area contributed by atoms with E-state index in [0.717, 1.165) is 31.4 Å². The van der Waals surface area contributed by atoms with Crippen LogP contribution in [0.3, 0.4) is 0 Å². The van der Waals surface area contributed by atoms with Gasteiger partial charge in [0.1, 0.15) is 0 Å². The highest BCUT2D eigenvalue weighted by Crippen LogP contribution is 2.23. The maximum absolute atomic E-state index is 12.6. The first-order valence-electron chi connectivity index (χ1n) is 8.21. The minimum Gasteiger partial charge on any atom is -0.393 e. The summed E-state index contributed by atoms with van der Waals surface area (Å²) in [7, 11) is 1.87. The van der Waals surface area contributed by atoms with Crippen LogP contribution in [0.4, 0.5) is 0 Å². The molecule has 4 nitrogen and oxygen atoms in total. The van der Waals surface area contributed by atoms with Gasteiger partial charge in [-0.05, 0) is 45.2 Å². The summed E-state index contributed by atoms with van der Waals surface area (Å²) in [5.41, 5.74) is 1.15. The van der Waals surface area contributed by atoms with Gasteiger partial charge in [0, 0.05) is 13.1 Å². The Kier molecular flexibility index (Phi) is 5.98. The molecule has 122 valence electrons. The second kappa shape index (κ2) is 7.75. The molecular formula is C18H28N2O2. The molecule has 1 aromatic rings. The van der Waals surface area contributed by atoms with Crippen molar-refractivity contribution in [1.82, 2.24) is 9.80 Å². The largest absolute Gasteiger partial charge is 0.393 e. The van der Waals surface area contributed by atoms with Crippen LogP contribution in [0.15, 0.2) is 30.3 Å². The molecule has 1 N–H and O–H groups in total. The molecule has 0 saturated carbocycles. The van der Waals surface area contributed by atoms with E-state index in [0.29, 0.717) is 12.6 Å². The van der Waals surface area contributed by atoms with Crippen LogP contribution in [0.2, 0.25) is 0 Å². The number of carbonyl (C=O) groups excluding carboxylic acids is 1. The van der Waals surface area contributed by atoms with Gasteiger partial charge < -0.3 is 10.0 Å². The first-order valence-corrected chi connectivity index (χ1v) is 8.21. The van der Waals surface area contributed by atoms with Crippen LogP contribution in [-0.4, -0.2) is 53.1 Å². The van der Waals surface area contributed by atoms with Crippen molar-refractivity contribution in [3.8, 4) is 0 Å². The van der Waals surface area contributed by atoms with Gasteiger partial charge in [0.15, 0.2) is 0 Å². The number of hydrogen-bond acceptors (Lipinski definition) is 3. The zero-order valence-electron chi connectivity index (χ0n) is 13.9. The maximum atomic E-state index is 12.6. The monoisotopic (exact) mass is 304 g/mol. The highest BCUT2D eigenvalue weighted by Gasteiger charge is 2.29. The number of rotatable bonds is 6. The van der Waals surface area contributed by atoms with Gasteiger partial charge in [0.2, 0.25) is 5.91 Å². The predicted octanol–water partition coefficient (Wildman–Crippen LogP) is 2.44. The fourth-order valence-corrected chi connectivity index (χ4v) is 3.22. The van der Waals surface area contributed by atoms with Gasteiger partial charge in [-0.1, -0.05) is 30.3 Å². The van der Waals surface area contributed by atoms with E-state index in [9.17, 15) is 9.90 Å². The summed E-state index contributed by atoms with van der Waals surface area (Å²) < 4.78 is 0. The van der Waals surface area contributed by atoms with Crippen LogP contribution in [0.25, 0.3) is 0 Å². The van der Waals surface area contributed by atoms with Crippen molar-refractivity contribution in [3.05, 3.63) is 35.9 Å². The summed E-state index contributed by atoms with van der Waals surface area (Å²) in [5, 5.41) is 9.59. The van der Waals surface area contributed by atoms with Crippen molar-refractivity contribution in [3.63, 3.8) is 0 Å².